The molecule has 0 saturated heterocycles. The van der Waals surface area contributed by atoms with Gasteiger partial charge in [0.1, 0.15) is 11.8 Å². The fraction of sp³-hybridized carbons (Fsp3) is 0.118. The van der Waals surface area contributed by atoms with Gasteiger partial charge in [-0.2, -0.15) is 0 Å². The first-order chi connectivity index (χ1) is 10.1. The molecule has 1 amide bonds. The Morgan fingerprint density at radius 2 is 1.95 bits per heavy atom. The van der Waals surface area contributed by atoms with Crippen molar-refractivity contribution in [2.24, 2.45) is 0 Å². The van der Waals surface area contributed by atoms with Crippen molar-refractivity contribution in [1.82, 2.24) is 0 Å². The lowest BCUT2D eigenvalue weighted by Gasteiger charge is -2.11. The van der Waals surface area contributed by atoms with E-state index in [0.717, 1.165) is 26.7 Å². The third kappa shape index (κ3) is 2.59. The number of hydrogen-bond donors (Lipinski definition) is 1. The van der Waals surface area contributed by atoms with Gasteiger partial charge < -0.3 is 9.73 Å². The van der Waals surface area contributed by atoms with Gasteiger partial charge in [0.15, 0.2) is 0 Å². The summed E-state index contributed by atoms with van der Waals surface area (Å²) in [5.74, 6) is -0.174. The lowest BCUT2D eigenvalue weighted by atomic mass is 10.1. The molecule has 0 radical (unpaired) electrons. The lowest BCUT2D eigenvalue weighted by Crippen LogP contribution is -2.12. The van der Waals surface area contributed by atoms with Gasteiger partial charge in [0.25, 0.3) is 5.91 Å². The summed E-state index contributed by atoms with van der Waals surface area (Å²) in [6.07, 6.45) is 1.50. The zero-order chi connectivity index (χ0) is 15.0. The number of halogens is 1. The summed E-state index contributed by atoms with van der Waals surface area (Å²) in [6, 6.07) is 11.5. The minimum absolute atomic E-state index is 0.174. The van der Waals surface area contributed by atoms with Crippen LogP contribution in [0, 0.1) is 13.8 Å². The fourth-order valence-corrected chi connectivity index (χ4v) is 3.18. The molecule has 0 atom stereocenters. The van der Waals surface area contributed by atoms with E-state index in [1.165, 1.54) is 6.26 Å². The second-order valence-electron chi connectivity index (χ2n) is 5.04. The van der Waals surface area contributed by atoms with Crippen LogP contribution in [0.15, 0.2) is 51.6 Å². The van der Waals surface area contributed by atoms with E-state index in [2.05, 4.69) is 21.2 Å². The highest BCUT2D eigenvalue weighted by Gasteiger charge is 2.15. The van der Waals surface area contributed by atoms with E-state index < -0.39 is 0 Å². The highest BCUT2D eigenvalue weighted by molar-refractivity contribution is 9.10. The quantitative estimate of drug-likeness (QED) is 0.706. The van der Waals surface area contributed by atoms with Crippen molar-refractivity contribution < 1.29 is 9.21 Å². The molecular weight excluding hydrogens is 330 g/mol. The molecular formula is C17H14BrNO2. The van der Waals surface area contributed by atoms with Gasteiger partial charge in [0.2, 0.25) is 0 Å². The largest absolute Gasteiger partial charge is 0.463 e. The Kier molecular flexibility index (Phi) is 3.55. The van der Waals surface area contributed by atoms with Crippen LogP contribution in [0.3, 0.4) is 0 Å². The molecule has 0 unspecified atom stereocenters. The van der Waals surface area contributed by atoms with Crippen molar-refractivity contribution in [3.8, 4) is 0 Å². The minimum atomic E-state index is -0.174. The van der Waals surface area contributed by atoms with Crippen molar-refractivity contribution in [3.63, 3.8) is 0 Å². The summed E-state index contributed by atoms with van der Waals surface area (Å²) in [6.45, 7) is 3.99. The molecule has 0 spiro atoms. The van der Waals surface area contributed by atoms with Crippen molar-refractivity contribution in [1.29, 1.82) is 0 Å². The van der Waals surface area contributed by atoms with Crippen molar-refractivity contribution >= 4 is 38.5 Å². The maximum Gasteiger partial charge on any atom is 0.259 e. The SMILES string of the molecule is Cc1cc(C)c(NC(=O)c2coc3ccccc23)c(Br)c1. The maximum atomic E-state index is 12.5. The third-order valence-corrected chi connectivity index (χ3v) is 4.02. The van der Waals surface area contributed by atoms with Gasteiger partial charge >= 0.3 is 0 Å². The number of amides is 1. The van der Waals surface area contributed by atoms with Crippen LogP contribution in [0.2, 0.25) is 0 Å². The normalized spacial score (nSPS) is 10.8. The molecule has 0 aliphatic heterocycles. The van der Waals surface area contributed by atoms with E-state index in [1.54, 1.807) is 0 Å². The number of furan rings is 1. The summed E-state index contributed by atoms with van der Waals surface area (Å²) in [5, 5.41) is 3.77. The molecule has 3 rings (SSSR count). The summed E-state index contributed by atoms with van der Waals surface area (Å²) in [7, 11) is 0. The molecule has 2 aromatic carbocycles. The molecule has 0 bridgehead atoms. The zero-order valence-corrected chi connectivity index (χ0v) is 13.3. The number of nitrogens with one attached hydrogen (secondary N) is 1. The molecule has 3 nitrogen and oxygen atoms in total. The summed E-state index contributed by atoms with van der Waals surface area (Å²) < 4.78 is 6.29. The third-order valence-electron chi connectivity index (χ3n) is 3.40. The topological polar surface area (TPSA) is 42.2 Å². The smallest absolute Gasteiger partial charge is 0.259 e. The van der Waals surface area contributed by atoms with E-state index in [4.69, 9.17) is 4.42 Å². The van der Waals surface area contributed by atoms with Crippen LogP contribution in [0.5, 0.6) is 0 Å². The number of aryl methyl sites for hydroxylation is 2. The van der Waals surface area contributed by atoms with E-state index in [9.17, 15) is 4.79 Å². The maximum absolute atomic E-state index is 12.5. The van der Waals surface area contributed by atoms with Crippen LogP contribution in [0.1, 0.15) is 21.5 Å². The highest BCUT2D eigenvalue weighted by atomic mass is 79.9. The molecule has 0 aliphatic rings. The van der Waals surface area contributed by atoms with Crippen molar-refractivity contribution in [3.05, 3.63) is 63.8 Å². The average molecular weight is 344 g/mol. The molecule has 0 aliphatic carbocycles. The van der Waals surface area contributed by atoms with Crippen molar-refractivity contribution in [2.75, 3.05) is 5.32 Å². The van der Waals surface area contributed by atoms with Gasteiger partial charge in [-0.3, -0.25) is 4.79 Å². The first-order valence-electron chi connectivity index (χ1n) is 6.60. The molecule has 1 aromatic heterocycles. The first kappa shape index (κ1) is 13.9. The number of benzene rings is 2. The highest BCUT2D eigenvalue weighted by Crippen LogP contribution is 2.29. The number of hydrogen-bond acceptors (Lipinski definition) is 2. The number of fused-ring (bicyclic) bond motifs is 1. The van der Waals surface area contributed by atoms with Crippen LogP contribution in [0.4, 0.5) is 5.69 Å². The van der Waals surface area contributed by atoms with Crippen LogP contribution >= 0.6 is 15.9 Å². The Balaban J connectivity index is 1.97. The van der Waals surface area contributed by atoms with Gasteiger partial charge in [-0.25, -0.2) is 0 Å². The molecule has 1 N–H and O–H groups in total. The Morgan fingerprint density at radius 3 is 2.71 bits per heavy atom. The van der Waals surface area contributed by atoms with E-state index in [0.29, 0.717) is 11.1 Å². The lowest BCUT2D eigenvalue weighted by molar-refractivity contribution is 0.102. The van der Waals surface area contributed by atoms with Gasteiger partial charge in [-0.15, -0.1) is 0 Å². The van der Waals surface area contributed by atoms with Gasteiger partial charge in [0.05, 0.1) is 11.3 Å². The molecule has 106 valence electrons. The second-order valence-corrected chi connectivity index (χ2v) is 5.89. The zero-order valence-electron chi connectivity index (χ0n) is 11.7. The summed E-state index contributed by atoms with van der Waals surface area (Å²) >= 11 is 3.50. The van der Waals surface area contributed by atoms with Gasteiger partial charge in [0, 0.05) is 9.86 Å². The number of carbonyl (C=O) groups is 1. The first-order valence-corrected chi connectivity index (χ1v) is 7.40. The fourth-order valence-electron chi connectivity index (χ4n) is 2.41. The van der Waals surface area contributed by atoms with E-state index in [1.807, 2.05) is 50.2 Å². The number of para-hydroxylation sites is 1. The van der Waals surface area contributed by atoms with Crippen LogP contribution in [0.25, 0.3) is 11.0 Å². The predicted molar refractivity (Wildman–Crippen MR) is 87.8 cm³/mol. The Morgan fingerprint density at radius 1 is 1.19 bits per heavy atom. The summed E-state index contributed by atoms with van der Waals surface area (Å²) in [4.78, 5) is 12.5. The molecule has 4 heteroatoms. The van der Waals surface area contributed by atoms with Gasteiger partial charge in [-0.1, -0.05) is 24.3 Å². The molecule has 0 fully saturated rings. The van der Waals surface area contributed by atoms with Crippen LogP contribution in [-0.2, 0) is 0 Å². The van der Waals surface area contributed by atoms with E-state index >= 15 is 0 Å². The molecule has 3 aromatic rings. The predicted octanol–water partition coefficient (Wildman–Crippen LogP) is 5.06. The monoisotopic (exact) mass is 343 g/mol. The number of carbonyl (C=O) groups excluding carboxylic acids is 1. The van der Waals surface area contributed by atoms with E-state index in [-0.39, 0.29) is 5.91 Å². The van der Waals surface area contributed by atoms with Crippen molar-refractivity contribution in [2.45, 2.75) is 13.8 Å². The molecule has 21 heavy (non-hydrogen) atoms. The van der Waals surface area contributed by atoms with Crippen LogP contribution in [-0.4, -0.2) is 5.91 Å². The van der Waals surface area contributed by atoms with Crippen LogP contribution < -0.4 is 5.32 Å². The van der Waals surface area contributed by atoms with Gasteiger partial charge in [-0.05, 0) is 53.0 Å². The second kappa shape index (κ2) is 5.37. The number of rotatable bonds is 2. The molecule has 0 saturated carbocycles. The Bertz CT molecular complexity index is 813. The average Bonchev–Trinajstić information content (AvgIpc) is 2.86. The number of anilines is 1. The standard InChI is InChI=1S/C17H14BrNO2/c1-10-7-11(2)16(14(18)8-10)19-17(20)13-9-21-15-6-4-3-5-12(13)15/h3-9H,1-2H3,(H,19,20). The Hall–Kier alpha value is -2.07. The molecule has 1 heterocycles. The minimum Gasteiger partial charge on any atom is -0.463 e. The Labute approximate surface area is 131 Å². The summed E-state index contributed by atoms with van der Waals surface area (Å²) in [5.41, 5.74) is 4.20.